The number of carbonyl (C=O) groups excluding carboxylic acids is 2. The Morgan fingerprint density at radius 3 is 1.62 bits per heavy atom. The molecule has 32 heavy (non-hydrogen) atoms. The zero-order valence-corrected chi connectivity index (χ0v) is 20.3. The first kappa shape index (κ1) is 29.9. The van der Waals surface area contributed by atoms with Gasteiger partial charge in [-0.3, -0.25) is 19.2 Å². The summed E-state index contributed by atoms with van der Waals surface area (Å²) in [5, 5.41) is 24.3. The fraction of sp³-hybridized carbons (Fsp3) is 0.833. The summed E-state index contributed by atoms with van der Waals surface area (Å²) >= 11 is 0. The van der Waals surface area contributed by atoms with E-state index >= 15 is 0 Å². The fourth-order valence-electron chi connectivity index (χ4n) is 3.80. The summed E-state index contributed by atoms with van der Waals surface area (Å²) in [6, 6.07) is 0. The Morgan fingerprint density at radius 2 is 1.22 bits per heavy atom. The lowest BCUT2D eigenvalue weighted by Crippen LogP contribution is -2.43. The van der Waals surface area contributed by atoms with Crippen molar-refractivity contribution < 1.29 is 29.4 Å². The Morgan fingerprint density at radius 1 is 0.719 bits per heavy atom. The van der Waals surface area contributed by atoms with Gasteiger partial charge < -0.3 is 20.8 Å². The molecular formula is C24H44N2O6. The highest BCUT2D eigenvalue weighted by Crippen LogP contribution is 2.22. The van der Waals surface area contributed by atoms with Crippen LogP contribution in [0, 0.1) is 23.7 Å². The minimum absolute atomic E-state index is 0.264. The number of nitrogens with one attached hydrogen (secondary N) is 2. The van der Waals surface area contributed by atoms with Gasteiger partial charge >= 0.3 is 11.9 Å². The van der Waals surface area contributed by atoms with Crippen molar-refractivity contribution in [2.24, 2.45) is 23.7 Å². The van der Waals surface area contributed by atoms with E-state index in [1.54, 1.807) is 0 Å². The van der Waals surface area contributed by atoms with Crippen LogP contribution in [-0.4, -0.2) is 47.1 Å². The van der Waals surface area contributed by atoms with Crippen LogP contribution >= 0.6 is 0 Å². The molecule has 0 radical (unpaired) electrons. The molecule has 0 aliphatic carbocycles. The molecule has 4 atom stereocenters. The van der Waals surface area contributed by atoms with Crippen LogP contribution in [-0.2, 0) is 19.2 Å². The number of carboxylic acid groups (broad SMARTS) is 2. The van der Waals surface area contributed by atoms with E-state index < -0.39 is 42.0 Å². The number of unbranched alkanes of at least 4 members (excludes halogenated alkanes) is 2. The average Bonchev–Trinajstić information content (AvgIpc) is 2.75. The third kappa shape index (κ3) is 12.7. The van der Waals surface area contributed by atoms with Crippen LogP contribution in [0.3, 0.4) is 0 Å². The van der Waals surface area contributed by atoms with E-state index in [2.05, 4.69) is 31.4 Å². The van der Waals surface area contributed by atoms with E-state index in [1.807, 2.05) is 6.92 Å². The topological polar surface area (TPSA) is 133 Å². The van der Waals surface area contributed by atoms with Crippen molar-refractivity contribution in [3.05, 3.63) is 0 Å². The summed E-state index contributed by atoms with van der Waals surface area (Å²) < 4.78 is 0. The molecular weight excluding hydrogens is 412 g/mol. The molecule has 0 aliphatic heterocycles. The monoisotopic (exact) mass is 456 g/mol. The zero-order valence-electron chi connectivity index (χ0n) is 20.3. The molecule has 186 valence electrons. The average molecular weight is 457 g/mol. The molecule has 0 aromatic heterocycles. The summed E-state index contributed by atoms with van der Waals surface area (Å²) in [6.45, 7) is 9.14. The number of hydrogen-bond donors (Lipinski definition) is 4. The molecule has 0 aromatic carbocycles. The Labute approximate surface area is 192 Å². The highest BCUT2D eigenvalue weighted by atomic mass is 16.4. The summed E-state index contributed by atoms with van der Waals surface area (Å²) in [5.41, 5.74) is 0. The van der Waals surface area contributed by atoms with E-state index in [0.717, 1.165) is 51.4 Å². The summed E-state index contributed by atoms with van der Waals surface area (Å²) in [5.74, 6) is -5.79. The van der Waals surface area contributed by atoms with Crippen LogP contribution in [0.5, 0.6) is 0 Å². The van der Waals surface area contributed by atoms with Gasteiger partial charge in [-0.05, 0) is 24.7 Å². The Balaban J connectivity index is 5.24. The lowest BCUT2D eigenvalue weighted by atomic mass is 9.85. The SMILES string of the molecule is CCCCC(CC)CNC(=O)CC(C(=O)NCC(CC)CCCC)C(CC(=O)O)C(=O)O. The predicted octanol–water partition coefficient (Wildman–Crippen LogP) is 3.83. The van der Waals surface area contributed by atoms with Crippen LogP contribution in [0.1, 0.15) is 91.9 Å². The zero-order chi connectivity index (χ0) is 24.5. The molecule has 0 aromatic rings. The lowest BCUT2D eigenvalue weighted by Gasteiger charge is -2.24. The first-order valence-corrected chi connectivity index (χ1v) is 12.2. The van der Waals surface area contributed by atoms with Crippen molar-refractivity contribution in [3.63, 3.8) is 0 Å². The second-order valence-electron chi connectivity index (χ2n) is 8.74. The van der Waals surface area contributed by atoms with Crippen molar-refractivity contribution in [2.75, 3.05) is 13.1 Å². The molecule has 0 spiro atoms. The van der Waals surface area contributed by atoms with Crippen LogP contribution in [0.2, 0.25) is 0 Å². The standard InChI is InChI=1S/C24H44N2O6/c1-5-9-11-17(7-3)15-25-21(27)13-19(20(24(31)32)14-22(28)29)23(30)26-16-18(8-4)12-10-6-2/h17-20H,5-16H2,1-4H3,(H,25,27)(H,26,30)(H,28,29)(H,31,32). The predicted molar refractivity (Wildman–Crippen MR) is 124 cm³/mol. The van der Waals surface area contributed by atoms with Crippen molar-refractivity contribution in [1.82, 2.24) is 10.6 Å². The summed E-state index contributed by atoms with van der Waals surface area (Å²) in [6.07, 6.45) is 6.90. The van der Waals surface area contributed by atoms with Gasteiger partial charge in [-0.1, -0.05) is 66.2 Å². The molecule has 0 saturated carbocycles. The highest BCUT2D eigenvalue weighted by molar-refractivity contribution is 5.91. The quantitative estimate of drug-likeness (QED) is 0.233. The molecule has 0 saturated heterocycles. The van der Waals surface area contributed by atoms with E-state index in [1.165, 1.54) is 0 Å². The maximum atomic E-state index is 12.9. The fourth-order valence-corrected chi connectivity index (χ4v) is 3.80. The van der Waals surface area contributed by atoms with Crippen LogP contribution < -0.4 is 10.6 Å². The van der Waals surface area contributed by atoms with Gasteiger partial charge in [-0.15, -0.1) is 0 Å². The third-order valence-electron chi connectivity index (χ3n) is 6.18. The number of carbonyl (C=O) groups is 4. The van der Waals surface area contributed by atoms with Crippen molar-refractivity contribution in [1.29, 1.82) is 0 Å². The number of hydrogen-bond acceptors (Lipinski definition) is 4. The van der Waals surface area contributed by atoms with Gasteiger partial charge in [0.15, 0.2) is 0 Å². The Kier molecular flexibility index (Phi) is 16.3. The van der Waals surface area contributed by atoms with Gasteiger partial charge in [-0.2, -0.15) is 0 Å². The minimum atomic E-state index is -1.46. The largest absolute Gasteiger partial charge is 0.481 e. The number of aliphatic carboxylic acids is 2. The van der Waals surface area contributed by atoms with Gasteiger partial charge in [0.1, 0.15) is 0 Å². The highest BCUT2D eigenvalue weighted by Gasteiger charge is 2.37. The van der Waals surface area contributed by atoms with Crippen molar-refractivity contribution in [3.8, 4) is 0 Å². The third-order valence-corrected chi connectivity index (χ3v) is 6.18. The molecule has 2 amide bonds. The number of carboxylic acids is 2. The van der Waals surface area contributed by atoms with Crippen molar-refractivity contribution in [2.45, 2.75) is 91.9 Å². The van der Waals surface area contributed by atoms with Crippen LogP contribution in [0.4, 0.5) is 0 Å². The van der Waals surface area contributed by atoms with E-state index in [9.17, 15) is 24.3 Å². The van der Waals surface area contributed by atoms with E-state index in [4.69, 9.17) is 5.11 Å². The molecule has 0 fully saturated rings. The maximum Gasteiger partial charge on any atom is 0.307 e. The van der Waals surface area contributed by atoms with Crippen LogP contribution in [0.25, 0.3) is 0 Å². The molecule has 4 unspecified atom stereocenters. The minimum Gasteiger partial charge on any atom is -0.481 e. The number of rotatable bonds is 19. The van der Waals surface area contributed by atoms with E-state index in [-0.39, 0.29) is 12.3 Å². The lowest BCUT2D eigenvalue weighted by molar-refractivity contribution is -0.153. The van der Waals surface area contributed by atoms with Gasteiger partial charge in [0.25, 0.3) is 0 Å². The van der Waals surface area contributed by atoms with Gasteiger partial charge in [0, 0.05) is 19.5 Å². The molecule has 0 aliphatic rings. The molecule has 0 rings (SSSR count). The normalized spacial score (nSPS) is 14.8. The molecule has 0 bridgehead atoms. The Hall–Kier alpha value is -2.12. The Bertz CT molecular complexity index is 581. The molecule has 8 nitrogen and oxygen atoms in total. The second-order valence-corrected chi connectivity index (χ2v) is 8.74. The molecule has 4 N–H and O–H groups in total. The first-order valence-electron chi connectivity index (χ1n) is 12.2. The smallest absolute Gasteiger partial charge is 0.307 e. The first-order chi connectivity index (χ1) is 15.2. The maximum absolute atomic E-state index is 12.9. The second kappa shape index (κ2) is 17.4. The van der Waals surface area contributed by atoms with Crippen molar-refractivity contribution >= 4 is 23.8 Å². The van der Waals surface area contributed by atoms with Gasteiger partial charge in [-0.25, -0.2) is 0 Å². The summed E-state index contributed by atoms with van der Waals surface area (Å²) in [7, 11) is 0. The summed E-state index contributed by atoms with van der Waals surface area (Å²) in [4.78, 5) is 48.4. The van der Waals surface area contributed by atoms with Gasteiger partial charge in [0.05, 0.1) is 18.3 Å². The van der Waals surface area contributed by atoms with Crippen LogP contribution in [0.15, 0.2) is 0 Å². The molecule has 8 heteroatoms. The van der Waals surface area contributed by atoms with E-state index in [0.29, 0.717) is 19.0 Å². The van der Waals surface area contributed by atoms with Gasteiger partial charge in [0.2, 0.25) is 11.8 Å². The number of amides is 2. The molecule has 0 heterocycles.